The van der Waals surface area contributed by atoms with Gasteiger partial charge in [-0.1, -0.05) is 12.1 Å². The third-order valence-electron chi connectivity index (χ3n) is 4.74. The second kappa shape index (κ2) is 7.95. The van der Waals surface area contributed by atoms with Crippen LogP contribution in [-0.2, 0) is 12.8 Å². The second-order valence-corrected chi connectivity index (χ2v) is 7.44. The molecule has 2 unspecified atom stereocenters. The molecule has 1 aromatic rings. The molecule has 3 rings (SSSR count). The molecule has 0 radical (unpaired) electrons. The molecule has 1 saturated carbocycles. The Morgan fingerprint density at radius 1 is 1.39 bits per heavy atom. The van der Waals surface area contributed by atoms with Gasteiger partial charge < -0.3 is 15.4 Å². The molecule has 4 nitrogen and oxygen atoms in total. The largest absolute Gasteiger partial charge is 0.493 e. The van der Waals surface area contributed by atoms with Gasteiger partial charge in [-0.25, -0.2) is 0 Å². The molecule has 1 aromatic carbocycles. The highest BCUT2D eigenvalue weighted by Gasteiger charge is 2.24. The van der Waals surface area contributed by atoms with E-state index in [1.807, 2.05) is 18.8 Å². The summed E-state index contributed by atoms with van der Waals surface area (Å²) in [6.07, 6.45) is 8.06. The fourth-order valence-electron chi connectivity index (χ4n) is 3.39. The highest BCUT2D eigenvalue weighted by molar-refractivity contribution is 7.99. The zero-order chi connectivity index (χ0) is 16.1. The molecule has 23 heavy (non-hydrogen) atoms. The molecule has 2 N–H and O–H groups in total. The minimum absolute atomic E-state index is 0.566. The summed E-state index contributed by atoms with van der Waals surface area (Å²) < 4.78 is 5.56. The van der Waals surface area contributed by atoms with Crippen LogP contribution in [-0.4, -0.2) is 43.7 Å². The number of rotatable bonds is 5. The third kappa shape index (κ3) is 4.34. The maximum absolute atomic E-state index is 5.56. The molecule has 0 amide bonds. The predicted octanol–water partition coefficient (Wildman–Crippen LogP) is 2.61. The first kappa shape index (κ1) is 16.5. The van der Waals surface area contributed by atoms with Gasteiger partial charge >= 0.3 is 0 Å². The van der Waals surface area contributed by atoms with Crippen LogP contribution in [0.15, 0.2) is 23.2 Å². The van der Waals surface area contributed by atoms with Crippen molar-refractivity contribution in [2.75, 3.05) is 26.5 Å². The Morgan fingerprint density at radius 3 is 3.09 bits per heavy atom. The van der Waals surface area contributed by atoms with Gasteiger partial charge in [-0.05, 0) is 49.1 Å². The maximum Gasteiger partial charge on any atom is 0.191 e. The fourth-order valence-corrected chi connectivity index (χ4v) is 4.19. The minimum atomic E-state index is 0.566. The average molecular weight is 334 g/mol. The van der Waals surface area contributed by atoms with Crippen molar-refractivity contribution >= 4 is 17.7 Å². The van der Waals surface area contributed by atoms with Gasteiger partial charge in [0.2, 0.25) is 0 Å². The molecule has 1 heterocycles. The first-order valence-corrected chi connectivity index (χ1v) is 9.82. The SMILES string of the molecule is CN=C(NCCc1ccc2c(c1)CCO2)NC1CCC(SC)C1. The van der Waals surface area contributed by atoms with Crippen molar-refractivity contribution in [2.45, 2.75) is 43.4 Å². The van der Waals surface area contributed by atoms with Crippen molar-refractivity contribution in [2.24, 2.45) is 4.99 Å². The molecule has 0 bridgehead atoms. The van der Waals surface area contributed by atoms with Crippen LogP contribution >= 0.6 is 11.8 Å². The molecule has 2 aliphatic rings. The number of aliphatic imine (C=N–C) groups is 1. The van der Waals surface area contributed by atoms with E-state index in [2.05, 4.69) is 40.1 Å². The zero-order valence-corrected chi connectivity index (χ0v) is 14.9. The van der Waals surface area contributed by atoms with Crippen molar-refractivity contribution in [3.05, 3.63) is 29.3 Å². The van der Waals surface area contributed by atoms with Crippen molar-refractivity contribution in [1.82, 2.24) is 10.6 Å². The van der Waals surface area contributed by atoms with E-state index in [1.54, 1.807) is 0 Å². The summed E-state index contributed by atoms with van der Waals surface area (Å²) in [7, 11) is 1.85. The Bertz CT molecular complexity index is 561. The molecule has 2 atom stereocenters. The van der Waals surface area contributed by atoms with Gasteiger partial charge in [-0.15, -0.1) is 0 Å². The van der Waals surface area contributed by atoms with Crippen LogP contribution in [0.1, 0.15) is 30.4 Å². The zero-order valence-electron chi connectivity index (χ0n) is 14.1. The van der Waals surface area contributed by atoms with Crippen molar-refractivity contribution in [3.8, 4) is 5.75 Å². The van der Waals surface area contributed by atoms with E-state index >= 15 is 0 Å². The molecule has 5 heteroatoms. The van der Waals surface area contributed by atoms with Crippen LogP contribution in [0.4, 0.5) is 0 Å². The molecular weight excluding hydrogens is 306 g/mol. The molecule has 1 fully saturated rings. The third-order valence-corrected chi connectivity index (χ3v) is 5.84. The lowest BCUT2D eigenvalue weighted by atomic mass is 10.1. The smallest absolute Gasteiger partial charge is 0.191 e. The van der Waals surface area contributed by atoms with E-state index in [1.165, 1.54) is 30.4 Å². The Hall–Kier alpha value is -1.36. The van der Waals surface area contributed by atoms with E-state index in [0.717, 1.165) is 43.0 Å². The predicted molar refractivity (Wildman–Crippen MR) is 98.8 cm³/mol. The highest BCUT2D eigenvalue weighted by Crippen LogP contribution is 2.28. The molecule has 0 saturated heterocycles. The molecule has 126 valence electrons. The number of thioether (sulfide) groups is 1. The van der Waals surface area contributed by atoms with E-state index in [4.69, 9.17) is 4.74 Å². The number of hydrogen-bond donors (Lipinski definition) is 2. The Labute approximate surface area is 143 Å². The summed E-state index contributed by atoms with van der Waals surface area (Å²) in [5.41, 5.74) is 2.71. The monoisotopic (exact) mass is 333 g/mol. The lowest BCUT2D eigenvalue weighted by Crippen LogP contribution is -2.43. The first-order valence-electron chi connectivity index (χ1n) is 8.53. The van der Waals surface area contributed by atoms with Crippen LogP contribution in [0, 0.1) is 0 Å². The number of hydrogen-bond acceptors (Lipinski definition) is 3. The second-order valence-electron chi connectivity index (χ2n) is 6.30. The summed E-state index contributed by atoms with van der Waals surface area (Å²) in [6.45, 7) is 1.73. The van der Waals surface area contributed by atoms with Gasteiger partial charge in [0.15, 0.2) is 5.96 Å². The van der Waals surface area contributed by atoms with Gasteiger partial charge in [0.1, 0.15) is 5.75 Å². The maximum atomic E-state index is 5.56. The van der Waals surface area contributed by atoms with Crippen LogP contribution in [0.3, 0.4) is 0 Å². The van der Waals surface area contributed by atoms with Crippen LogP contribution in [0.2, 0.25) is 0 Å². The Morgan fingerprint density at radius 2 is 2.30 bits per heavy atom. The van der Waals surface area contributed by atoms with Crippen LogP contribution in [0.25, 0.3) is 0 Å². The Kier molecular flexibility index (Phi) is 5.70. The van der Waals surface area contributed by atoms with Gasteiger partial charge in [0.25, 0.3) is 0 Å². The van der Waals surface area contributed by atoms with Crippen LogP contribution < -0.4 is 15.4 Å². The molecule has 0 aromatic heterocycles. The number of nitrogens with one attached hydrogen (secondary N) is 2. The lowest BCUT2D eigenvalue weighted by molar-refractivity contribution is 0.357. The van der Waals surface area contributed by atoms with Gasteiger partial charge in [-0.3, -0.25) is 4.99 Å². The molecule has 1 aliphatic carbocycles. The molecule has 0 spiro atoms. The quantitative estimate of drug-likeness (QED) is 0.642. The lowest BCUT2D eigenvalue weighted by Gasteiger charge is -2.17. The highest BCUT2D eigenvalue weighted by atomic mass is 32.2. The van der Waals surface area contributed by atoms with E-state index in [9.17, 15) is 0 Å². The summed E-state index contributed by atoms with van der Waals surface area (Å²) >= 11 is 1.99. The van der Waals surface area contributed by atoms with Crippen molar-refractivity contribution < 1.29 is 4.74 Å². The fraction of sp³-hybridized carbons (Fsp3) is 0.611. The summed E-state index contributed by atoms with van der Waals surface area (Å²) in [4.78, 5) is 4.36. The van der Waals surface area contributed by atoms with Gasteiger partial charge in [0.05, 0.1) is 6.61 Å². The normalized spacial score (nSPS) is 23.5. The van der Waals surface area contributed by atoms with Crippen LogP contribution in [0.5, 0.6) is 5.75 Å². The minimum Gasteiger partial charge on any atom is -0.493 e. The number of fused-ring (bicyclic) bond motifs is 1. The van der Waals surface area contributed by atoms with Gasteiger partial charge in [-0.2, -0.15) is 11.8 Å². The van der Waals surface area contributed by atoms with E-state index in [0.29, 0.717) is 6.04 Å². The van der Waals surface area contributed by atoms with E-state index in [-0.39, 0.29) is 0 Å². The molecular formula is C18H27N3OS. The first-order chi connectivity index (χ1) is 11.3. The topological polar surface area (TPSA) is 45.7 Å². The standard InChI is InChI=1S/C18H27N3OS/c1-19-18(21-15-4-5-16(12-15)23-2)20-9-7-13-3-6-17-14(11-13)8-10-22-17/h3,6,11,15-16H,4-5,7-10,12H2,1-2H3,(H2,19,20,21). The number of ether oxygens (including phenoxy) is 1. The summed E-state index contributed by atoms with van der Waals surface area (Å²) in [5, 5.41) is 7.81. The Balaban J connectivity index is 1.44. The molecule has 1 aliphatic heterocycles. The van der Waals surface area contributed by atoms with Crippen molar-refractivity contribution in [1.29, 1.82) is 0 Å². The summed E-state index contributed by atoms with van der Waals surface area (Å²) in [6, 6.07) is 7.12. The van der Waals surface area contributed by atoms with Crippen molar-refractivity contribution in [3.63, 3.8) is 0 Å². The van der Waals surface area contributed by atoms with Gasteiger partial charge in [0, 0.05) is 31.3 Å². The number of benzene rings is 1. The number of guanidine groups is 1. The average Bonchev–Trinajstić information content (AvgIpc) is 3.22. The summed E-state index contributed by atoms with van der Waals surface area (Å²) in [5.74, 6) is 1.99. The number of nitrogens with zero attached hydrogens (tertiary/aromatic N) is 1. The van der Waals surface area contributed by atoms with E-state index < -0.39 is 0 Å².